The van der Waals surface area contributed by atoms with Crippen LogP contribution in [0.15, 0.2) is 53.5 Å². The molecule has 0 radical (unpaired) electrons. The molecule has 0 saturated carbocycles. The van der Waals surface area contributed by atoms with Crippen molar-refractivity contribution in [2.45, 2.75) is 96.3 Å². The number of nitrogens with two attached hydrogens (primary N) is 2. The number of para-hydroxylation sites is 2. The van der Waals surface area contributed by atoms with Crippen LogP contribution in [-0.4, -0.2) is 71.6 Å². The average molecular weight is 661 g/mol. The van der Waals surface area contributed by atoms with Crippen LogP contribution in [-0.2, 0) is 19.2 Å². The van der Waals surface area contributed by atoms with Crippen LogP contribution in [0.5, 0.6) is 0 Å². The van der Waals surface area contributed by atoms with E-state index in [1.807, 2.05) is 69.3 Å². The first kappa shape index (κ1) is 37.4. The van der Waals surface area contributed by atoms with Crippen molar-refractivity contribution >= 4 is 57.7 Å². The highest BCUT2D eigenvalue weighted by Crippen LogP contribution is 2.26. The molecule has 0 unspecified atom stereocenters. The SMILES string of the molecule is CCC[C@@H](C=O)NC(=O)[C@H](CCCN=C(N)N)NC(=O)[C@H](CCC)NC(=O)[C@H](CCC)NC(=O)c1c2ccccc2nc2ccccc12. The molecule has 4 amide bonds. The second-order valence-corrected chi connectivity index (χ2v) is 11.7. The number of carbonyl (C=O) groups is 5. The van der Waals surface area contributed by atoms with E-state index < -0.39 is 47.8 Å². The van der Waals surface area contributed by atoms with E-state index >= 15 is 0 Å². The molecule has 0 saturated heterocycles. The van der Waals surface area contributed by atoms with Crippen molar-refractivity contribution in [1.82, 2.24) is 26.3 Å². The van der Waals surface area contributed by atoms with Crippen molar-refractivity contribution in [2.75, 3.05) is 6.54 Å². The Kier molecular flexibility index (Phi) is 14.7. The summed E-state index contributed by atoms with van der Waals surface area (Å²) in [5.74, 6) is -2.11. The summed E-state index contributed by atoms with van der Waals surface area (Å²) in [7, 11) is 0. The van der Waals surface area contributed by atoms with Crippen molar-refractivity contribution in [2.24, 2.45) is 16.5 Å². The van der Waals surface area contributed by atoms with E-state index in [-0.39, 0.29) is 18.9 Å². The van der Waals surface area contributed by atoms with Crippen LogP contribution < -0.4 is 32.7 Å². The molecule has 13 nitrogen and oxygen atoms in total. The predicted molar refractivity (Wildman–Crippen MR) is 187 cm³/mol. The molecule has 258 valence electrons. The Morgan fingerprint density at radius 2 is 1.19 bits per heavy atom. The van der Waals surface area contributed by atoms with Gasteiger partial charge in [-0.15, -0.1) is 0 Å². The van der Waals surface area contributed by atoms with Gasteiger partial charge in [0.2, 0.25) is 17.7 Å². The molecule has 48 heavy (non-hydrogen) atoms. The molecule has 0 aliphatic heterocycles. The van der Waals surface area contributed by atoms with Gasteiger partial charge in [0.15, 0.2) is 5.96 Å². The minimum atomic E-state index is -0.998. The highest BCUT2D eigenvalue weighted by Gasteiger charge is 2.30. The molecule has 4 atom stereocenters. The molecule has 0 fully saturated rings. The highest BCUT2D eigenvalue weighted by molar-refractivity contribution is 6.16. The minimum Gasteiger partial charge on any atom is -0.370 e. The van der Waals surface area contributed by atoms with Crippen LogP contribution in [0, 0.1) is 0 Å². The first-order chi connectivity index (χ1) is 23.1. The lowest BCUT2D eigenvalue weighted by atomic mass is 10.0. The number of fused-ring (bicyclic) bond motifs is 2. The van der Waals surface area contributed by atoms with Gasteiger partial charge in [0, 0.05) is 17.3 Å². The standard InChI is InChI=1S/C35H48N8O5/c1-4-12-22(21-44)39-31(45)29(19-11-20-38-35(36)37)42-32(46)27(13-5-2)41-33(47)28(14-6-3)43-34(48)30-23-15-7-9-17-25(23)40-26-18-10-8-16-24(26)30/h7-10,15-18,21-22,27-29H,4-6,11-14,19-20H2,1-3H3,(H,39,45)(H,41,47)(H,42,46)(H,43,48)(H4,36,37,38)/t22-,27-,28-,29-/m0/s1. The number of amides is 4. The second kappa shape index (κ2) is 18.9. The molecule has 2 aromatic carbocycles. The van der Waals surface area contributed by atoms with Gasteiger partial charge < -0.3 is 37.5 Å². The topological polar surface area (TPSA) is 211 Å². The molecule has 1 heterocycles. The van der Waals surface area contributed by atoms with Gasteiger partial charge >= 0.3 is 0 Å². The van der Waals surface area contributed by atoms with E-state index in [4.69, 9.17) is 11.5 Å². The van der Waals surface area contributed by atoms with E-state index in [0.29, 0.717) is 78.6 Å². The summed E-state index contributed by atoms with van der Waals surface area (Å²) in [6.45, 7) is 5.90. The van der Waals surface area contributed by atoms with Gasteiger partial charge in [-0.1, -0.05) is 76.4 Å². The van der Waals surface area contributed by atoms with Crippen molar-refractivity contribution in [3.8, 4) is 0 Å². The Hall–Kier alpha value is -5.07. The third kappa shape index (κ3) is 10.5. The third-order valence-electron chi connectivity index (χ3n) is 7.89. The first-order valence-electron chi connectivity index (χ1n) is 16.6. The van der Waals surface area contributed by atoms with E-state index in [0.717, 1.165) is 0 Å². The largest absolute Gasteiger partial charge is 0.370 e. The summed E-state index contributed by atoms with van der Waals surface area (Å²) >= 11 is 0. The predicted octanol–water partition coefficient (Wildman–Crippen LogP) is 2.59. The van der Waals surface area contributed by atoms with E-state index in [2.05, 4.69) is 31.2 Å². The number of aldehydes is 1. The number of nitrogens with one attached hydrogen (secondary N) is 4. The normalized spacial score (nSPS) is 13.5. The van der Waals surface area contributed by atoms with Gasteiger partial charge in [-0.2, -0.15) is 0 Å². The lowest BCUT2D eigenvalue weighted by molar-refractivity contribution is -0.133. The van der Waals surface area contributed by atoms with E-state index in [1.165, 1.54) is 0 Å². The van der Waals surface area contributed by atoms with Gasteiger partial charge in [0.05, 0.1) is 22.6 Å². The number of hydrogen-bond donors (Lipinski definition) is 6. The molecule has 0 aliphatic carbocycles. The zero-order valence-corrected chi connectivity index (χ0v) is 28.0. The number of benzene rings is 2. The van der Waals surface area contributed by atoms with Gasteiger partial charge in [0.1, 0.15) is 24.4 Å². The number of rotatable bonds is 19. The fourth-order valence-electron chi connectivity index (χ4n) is 5.52. The Morgan fingerprint density at radius 3 is 1.69 bits per heavy atom. The number of aliphatic imine (C=N–C) groups is 1. The Balaban J connectivity index is 1.81. The first-order valence-corrected chi connectivity index (χ1v) is 16.6. The molecule has 3 rings (SSSR count). The fourth-order valence-corrected chi connectivity index (χ4v) is 5.52. The molecule has 1 aromatic heterocycles. The molecule has 0 bridgehead atoms. The van der Waals surface area contributed by atoms with Gasteiger partial charge in [0.25, 0.3) is 5.91 Å². The number of carbonyl (C=O) groups excluding carboxylic acids is 5. The molecular formula is C35H48N8O5. The molecular weight excluding hydrogens is 612 g/mol. The number of nitrogens with zero attached hydrogens (tertiary/aromatic N) is 2. The summed E-state index contributed by atoms with van der Waals surface area (Å²) in [5, 5.41) is 12.5. The minimum absolute atomic E-state index is 0.0891. The van der Waals surface area contributed by atoms with Crippen LogP contribution in [0.3, 0.4) is 0 Å². The lowest BCUT2D eigenvalue weighted by Crippen LogP contribution is -2.57. The number of guanidine groups is 1. The fraction of sp³-hybridized carbons (Fsp3) is 0.457. The van der Waals surface area contributed by atoms with Crippen LogP contribution in [0.25, 0.3) is 21.8 Å². The van der Waals surface area contributed by atoms with Crippen molar-refractivity contribution in [3.63, 3.8) is 0 Å². The van der Waals surface area contributed by atoms with Crippen LogP contribution in [0.4, 0.5) is 0 Å². The summed E-state index contributed by atoms with van der Waals surface area (Å²) in [6.07, 6.45) is 4.15. The third-order valence-corrected chi connectivity index (χ3v) is 7.89. The molecule has 3 aromatic rings. The Bertz CT molecular complexity index is 1550. The van der Waals surface area contributed by atoms with Gasteiger partial charge in [-0.05, 0) is 44.2 Å². The summed E-state index contributed by atoms with van der Waals surface area (Å²) in [5.41, 5.74) is 12.6. The maximum atomic E-state index is 13.9. The number of aromatic nitrogens is 1. The van der Waals surface area contributed by atoms with Gasteiger partial charge in [-0.25, -0.2) is 4.98 Å². The molecule has 8 N–H and O–H groups in total. The summed E-state index contributed by atoms with van der Waals surface area (Å²) < 4.78 is 0. The second-order valence-electron chi connectivity index (χ2n) is 11.7. The van der Waals surface area contributed by atoms with Crippen LogP contribution in [0.1, 0.15) is 82.5 Å². The summed E-state index contributed by atoms with van der Waals surface area (Å²) in [4.78, 5) is 74.4. The van der Waals surface area contributed by atoms with Crippen LogP contribution >= 0.6 is 0 Å². The number of pyridine rings is 1. The monoisotopic (exact) mass is 660 g/mol. The quantitative estimate of drug-likeness (QED) is 0.0369. The Labute approximate surface area is 281 Å². The van der Waals surface area contributed by atoms with Crippen LogP contribution in [0.2, 0.25) is 0 Å². The Morgan fingerprint density at radius 1 is 0.708 bits per heavy atom. The highest BCUT2D eigenvalue weighted by atomic mass is 16.2. The van der Waals surface area contributed by atoms with E-state index in [1.54, 1.807) is 0 Å². The maximum Gasteiger partial charge on any atom is 0.253 e. The number of hydrogen-bond acceptors (Lipinski definition) is 7. The van der Waals surface area contributed by atoms with Crippen molar-refractivity contribution < 1.29 is 24.0 Å². The lowest BCUT2D eigenvalue weighted by Gasteiger charge is -2.26. The van der Waals surface area contributed by atoms with Gasteiger partial charge in [-0.3, -0.25) is 24.2 Å². The zero-order valence-electron chi connectivity index (χ0n) is 28.0. The maximum absolute atomic E-state index is 13.9. The molecule has 13 heteroatoms. The van der Waals surface area contributed by atoms with Crippen molar-refractivity contribution in [1.29, 1.82) is 0 Å². The summed E-state index contributed by atoms with van der Waals surface area (Å²) in [6, 6.07) is 11.1. The molecule has 0 aliphatic rings. The molecule has 0 spiro atoms. The van der Waals surface area contributed by atoms with E-state index in [9.17, 15) is 24.0 Å². The van der Waals surface area contributed by atoms with Crippen molar-refractivity contribution in [3.05, 3.63) is 54.1 Å². The smallest absolute Gasteiger partial charge is 0.253 e. The zero-order chi connectivity index (χ0) is 35.1. The average Bonchev–Trinajstić information content (AvgIpc) is 3.07.